The molecule has 0 bridgehead atoms. The molecule has 2 aliphatic heterocycles. The summed E-state index contributed by atoms with van der Waals surface area (Å²) in [5.41, 5.74) is 0. The molecule has 1 saturated carbocycles. The highest BCUT2D eigenvalue weighted by Gasteiger charge is 2.38. The van der Waals surface area contributed by atoms with Crippen LogP contribution >= 0.6 is 0 Å². The van der Waals surface area contributed by atoms with E-state index in [1.165, 1.54) is 0 Å². The molecule has 2 heterocycles. The zero-order valence-corrected chi connectivity index (χ0v) is 14.9. The number of nitrogens with zero attached hydrogens (tertiary/aromatic N) is 2. The second kappa shape index (κ2) is 7.83. The Morgan fingerprint density at radius 2 is 1.29 bits per heavy atom. The number of carbonyl (C=O) groups excluding carboxylic acids is 2. The van der Waals surface area contributed by atoms with Crippen molar-refractivity contribution in [3.63, 3.8) is 0 Å². The highest BCUT2D eigenvalue weighted by molar-refractivity contribution is 5.83. The van der Waals surface area contributed by atoms with Crippen LogP contribution in [0.4, 0.5) is 0 Å². The van der Waals surface area contributed by atoms with Crippen molar-refractivity contribution in [2.75, 3.05) is 39.5 Å². The summed E-state index contributed by atoms with van der Waals surface area (Å²) in [7, 11) is 0. The van der Waals surface area contributed by atoms with Gasteiger partial charge >= 0.3 is 0 Å². The first kappa shape index (κ1) is 17.7. The van der Waals surface area contributed by atoms with Gasteiger partial charge < -0.3 is 19.3 Å². The van der Waals surface area contributed by atoms with E-state index in [0.29, 0.717) is 45.9 Å². The summed E-state index contributed by atoms with van der Waals surface area (Å²) in [6.45, 7) is 7.91. The van der Waals surface area contributed by atoms with E-state index < -0.39 is 0 Å². The molecule has 0 aromatic rings. The van der Waals surface area contributed by atoms with Crippen molar-refractivity contribution in [3.05, 3.63) is 0 Å². The molecule has 0 aromatic heterocycles. The zero-order chi connectivity index (χ0) is 17.1. The van der Waals surface area contributed by atoms with Crippen LogP contribution in [0.1, 0.15) is 39.5 Å². The molecule has 0 N–H and O–H groups in total. The van der Waals surface area contributed by atoms with Gasteiger partial charge in [0.15, 0.2) is 0 Å². The van der Waals surface area contributed by atoms with E-state index in [0.717, 1.165) is 19.3 Å². The lowest BCUT2D eigenvalue weighted by atomic mass is 9.79. The molecule has 2 amide bonds. The summed E-state index contributed by atoms with van der Waals surface area (Å²) in [5, 5.41) is 0. The number of rotatable bonds is 2. The Bertz CT molecular complexity index is 430. The predicted molar refractivity (Wildman–Crippen MR) is 89.4 cm³/mol. The van der Waals surface area contributed by atoms with E-state index in [1.54, 1.807) is 0 Å². The standard InChI is InChI=1S/C18H30N2O4/c1-13-11-23-8-6-19(13)17(21)15-4-3-5-16(10-15)18(22)20-7-9-24-12-14(20)2/h13-16H,3-12H2,1-2H3/t13-,14-,15-,16-/m1/s1. The van der Waals surface area contributed by atoms with Gasteiger partial charge in [-0.15, -0.1) is 0 Å². The molecule has 3 rings (SSSR count). The van der Waals surface area contributed by atoms with Gasteiger partial charge in [0.05, 0.1) is 38.5 Å². The van der Waals surface area contributed by atoms with Crippen LogP contribution < -0.4 is 0 Å². The van der Waals surface area contributed by atoms with Crippen molar-refractivity contribution < 1.29 is 19.1 Å². The highest BCUT2D eigenvalue weighted by Crippen LogP contribution is 2.33. The van der Waals surface area contributed by atoms with E-state index >= 15 is 0 Å². The van der Waals surface area contributed by atoms with Crippen molar-refractivity contribution in [1.82, 2.24) is 9.80 Å². The molecule has 24 heavy (non-hydrogen) atoms. The van der Waals surface area contributed by atoms with Crippen LogP contribution in [0.2, 0.25) is 0 Å². The van der Waals surface area contributed by atoms with Crippen molar-refractivity contribution in [2.24, 2.45) is 11.8 Å². The normalized spacial score (nSPS) is 34.9. The zero-order valence-electron chi connectivity index (χ0n) is 14.9. The number of hydrogen-bond acceptors (Lipinski definition) is 4. The van der Waals surface area contributed by atoms with E-state index in [4.69, 9.17) is 9.47 Å². The number of carbonyl (C=O) groups is 2. The number of morpholine rings is 2. The minimum Gasteiger partial charge on any atom is -0.377 e. The summed E-state index contributed by atoms with van der Waals surface area (Å²) in [5.74, 6) is 0.422. The van der Waals surface area contributed by atoms with Crippen LogP contribution in [0.25, 0.3) is 0 Å². The van der Waals surface area contributed by atoms with Gasteiger partial charge in [-0.3, -0.25) is 9.59 Å². The average Bonchev–Trinajstić information content (AvgIpc) is 2.61. The summed E-state index contributed by atoms with van der Waals surface area (Å²) in [4.78, 5) is 29.7. The minimum atomic E-state index is -0.00963. The summed E-state index contributed by atoms with van der Waals surface area (Å²) < 4.78 is 10.9. The summed E-state index contributed by atoms with van der Waals surface area (Å²) in [6.07, 6.45) is 3.48. The third-order valence-electron chi connectivity index (χ3n) is 5.67. The Labute approximate surface area is 144 Å². The van der Waals surface area contributed by atoms with E-state index in [-0.39, 0.29) is 35.7 Å². The molecule has 6 nitrogen and oxygen atoms in total. The van der Waals surface area contributed by atoms with Crippen molar-refractivity contribution in [1.29, 1.82) is 0 Å². The van der Waals surface area contributed by atoms with Gasteiger partial charge in [0.2, 0.25) is 11.8 Å². The van der Waals surface area contributed by atoms with Crippen molar-refractivity contribution in [3.8, 4) is 0 Å². The molecule has 4 atom stereocenters. The molecule has 0 radical (unpaired) electrons. The van der Waals surface area contributed by atoms with Gasteiger partial charge in [0.1, 0.15) is 0 Å². The SMILES string of the molecule is C[C@@H]1COCCN1C(=O)[C@@H]1CCC[C@@H](C(=O)N2CCOC[C@H]2C)C1. The van der Waals surface area contributed by atoms with Crippen LogP contribution in [-0.4, -0.2) is 73.2 Å². The predicted octanol–water partition coefficient (Wildman–Crippen LogP) is 1.29. The molecule has 136 valence electrons. The molecular formula is C18H30N2O4. The Morgan fingerprint density at radius 3 is 1.71 bits per heavy atom. The van der Waals surface area contributed by atoms with Gasteiger partial charge in [-0.05, 0) is 33.1 Å². The Morgan fingerprint density at radius 1 is 0.833 bits per heavy atom. The topological polar surface area (TPSA) is 59.1 Å². The highest BCUT2D eigenvalue weighted by atomic mass is 16.5. The van der Waals surface area contributed by atoms with Crippen LogP contribution in [0, 0.1) is 11.8 Å². The fraction of sp³-hybridized carbons (Fsp3) is 0.889. The van der Waals surface area contributed by atoms with E-state index in [9.17, 15) is 9.59 Å². The van der Waals surface area contributed by atoms with E-state index in [1.807, 2.05) is 23.6 Å². The molecule has 6 heteroatoms. The molecular weight excluding hydrogens is 308 g/mol. The first-order valence-electron chi connectivity index (χ1n) is 9.34. The minimum absolute atomic E-state index is 0.00963. The summed E-state index contributed by atoms with van der Waals surface area (Å²) in [6, 6.07) is 0.281. The fourth-order valence-corrected chi connectivity index (χ4v) is 4.22. The summed E-state index contributed by atoms with van der Waals surface area (Å²) >= 11 is 0. The van der Waals surface area contributed by atoms with Crippen LogP contribution in [0.15, 0.2) is 0 Å². The second-order valence-electron chi connectivity index (χ2n) is 7.47. The lowest BCUT2D eigenvalue weighted by Gasteiger charge is -2.40. The monoisotopic (exact) mass is 338 g/mol. The second-order valence-corrected chi connectivity index (χ2v) is 7.47. The number of amides is 2. The first-order valence-corrected chi connectivity index (χ1v) is 9.34. The maximum absolute atomic E-state index is 12.9. The Hall–Kier alpha value is -1.14. The lowest BCUT2D eigenvalue weighted by molar-refractivity contribution is -0.149. The lowest BCUT2D eigenvalue weighted by Crippen LogP contribution is -2.52. The van der Waals surface area contributed by atoms with Gasteiger partial charge in [-0.25, -0.2) is 0 Å². The van der Waals surface area contributed by atoms with Gasteiger partial charge in [0, 0.05) is 24.9 Å². The Balaban J connectivity index is 1.61. The number of ether oxygens (including phenoxy) is 2. The fourth-order valence-electron chi connectivity index (χ4n) is 4.22. The smallest absolute Gasteiger partial charge is 0.226 e. The number of hydrogen-bond donors (Lipinski definition) is 0. The third kappa shape index (κ3) is 3.75. The van der Waals surface area contributed by atoms with Gasteiger partial charge in [0.25, 0.3) is 0 Å². The van der Waals surface area contributed by atoms with Crippen LogP contribution in [0.5, 0.6) is 0 Å². The molecule has 1 aliphatic carbocycles. The maximum Gasteiger partial charge on any atom is 0.226 e. The molecule has 0 unspecified atom stereocenters. The molecule has 3 aliphatic rings. The van der Waals surface area contributed by atoms with Crippen LogP contribution in [-0.2, 0) is 19.1 Å². The van der Waals surface area contributed by atoms with Crippen molar-refractivity contribution >= 4 is 11.8 Å². The maximum atomic E-state index is 12.9. The molecule has 0 aromatic carbocycles. The first-order chi connectivity index (χ1) is 11.6. The Kier molecular flexibility index (Phi) is 5.76. The van der Waals surface area contributed by atoms with Crippen LogP contribution in [0.3, 0.4) is 0 Å². The molecule has 3 fully saturated rings. The molecule has 2 saturated heterocycles. The van der Waals surface area contributed by atoms with Gasteiger partial charge in [-0.2, -0.15) is 0 Å². The quantitative estimate of drug-likeness (QED) is 0.761. The average molecular weight is 338 g/mol. The van der Waals surface area contributed by atoms with Crippen molar-refractivity contribution in [2.45, 2.75) is 51.6 Å². The van der Waals surface area contributed by atoms with Gasteiger partial charge in [-0.1, -0.05) is 6.42 Å². The molecule has 0 spiro atoms. The third-order valence-corrected chi connectivity index (χ3v) is 5.67. The van der Waals surface area contributed by atoms with E-state index in [2.05, 4.69) is 0 Å². The largest absolute Gasteiger partial charge is 0.377 e.